The second-order valence-electron chi connectivity index (χ2n) is 4.58. The molecule has 0 amide bonds. The van der Waals surface area contributed by atoms with E-state index in [-0.39, 0.29) is 17.0 Å². The predicted octanol–water partition coefficient (Wildman–Crippen LogP) is 4.08. The molecule has 0 aliphatic rings. The fourth-order valence-electron chi connectivity index (χ4n) is 1.79. The molecule has 0 aromatic heterocycles. The highest BCUT2D eigenvalue weighted by atomic mass is 35.5. The Morgan fingerprint density at radius 3 is 2.57 bits per heavy atom. The number of hydrogen-bond acceptors (Lipinski definition) is 4. The van der Waals surface area contributed by atoms with Crippen LogP contribution in [0.5, 0.6) is 5.75 Å². The molecule has 0 saturated heterocycles. The SMILES string of the molecule is Cc1ccc(Cl)c(OC(=O)c2cc([N+](=O)[O-])ccc2C)c1. The fourth-order valence-corrected chi connectivity index (χ4v) is 1.94. The lowest BCUT2D eigenvalue weighted by Gasteiger charge is -2.08. The normalized spacial score (nSPS) is 10.2. The van der Waals surface area contributed by atoms with Crippen molar-refractivity contribution in [2.24, 2.45) is 0 Å². The number of rotatable bonds is 3. The van der Waals surface area contributed by atoms with Crippen LogP contribution in [0, 0.1) is 24.0 Å². The van der Waals surface area contributed by atoms with Gasteiger partial charge in [0.2, 0.25) is 0 Å². The van der Waals surface area contributed by atoms with Gasteiger partial charge in [0.05, 0.1) is 15.5 Å². The summed E-state index contributed by atoms with van der Waals surface area (Å²) in [5.74, 6) is -0.448. The van der Waals surface area contributed by atoms with Crippen LogP contribution in [-0.4, -0.2) is 10.9 Å². The number of esters is 1. The quantitative estimate of drug-likeness (QED) is 0.371. The molecule has 21 heavy (non-hydrogen) atoms. The third-order valence-corrected chi connectivity index (χ3v) is 3.25. The minimum absolute atomic E-state index is 0.141. The molecule has 2 rings (SSSR count). The Morgan fingerprint density at radius 1 is 1.19 bits per heavy atom. The summed E-state index contributed by atoms with van der Waals surface area (Å²) < 4.78 is 5.23. The van der Waals surface area contributed by atoms with Gasteiger partial charge in [0.25, 0.3) is 5.69 Å². The molecule has 0 unspecified atom stereocenters. The summed E-state index contributed by atoms with van der Waals surface area (Å²) in [6.07, 6.45) is 0. The first kappa shape index (κ1) is 15.0. The Kier molecular flexibility index (Phi) is 4.23. The molecule has 108 valence electrons. The van der Waals surface area contributed by atoms with Crippen molar-refractivity contribution in [2.45, 2.75) is 13.8 Å². The molecule has 0 aliphatic carbocycles. The Hall–Kier alpha value is -2.40. The monoisotopic (exact) mass is 305 g/mol. The van der Waals surface area contributed by atoms with Crippen molar-refractivity contribution in [1.82, 2.24) is 0 Å². The second kappa shape index (κ2) is 5.93. The number of nitro benzene ring substituents is 1. The van der Waals surface area contributed by atoms with Crippen LogP contribution >= 0.6 is 11.6 Å². The molecule has 0 spiro atoms. The maximum atomic E-state index is 12.2. The van der Waals surface area contributed by atoms with E-state index in [9.17, 15) is 14.9 Å². The molecule has 0 saturated carbocycles. The van der Waals surface area contributed by atoms with E-state index in [1.54, 1.807) is 25.1 Å². The first-order valence-corrected chi connectivity index (χ1v) is 6.49. The molecule has 0 aliphatic heterocycles. The van der Waals surface area contributed by atoms with Crippen molar-refractivity contribution < 1.29 is 14.5 Å². The van der Waals surface area contributed by atoms with Gasteiger partial charge in [0.15, 0.2) is 0 Å². The zero-order valence-electron chi connectivity index (χ0n) is 11.4. The third-order valence-electron chi connectivity index (χ3n) is 2.94. The standard InChI is InChI=1S/C15H12ClNO4/c1-9-3-6-13(16)14(7-9)21-15(18)12-8-11(17(19)20)5-4-10(12)2/h3-8H,1-2H3. The molecule has 0 radical (unpaired) electrons. The van der Waals surface area contributed by atoms with Crippen molar-refractivity contribution >= 4 is 23.3 Å². The van der Waals surface area contributed by atoms with Gasteiger partial charge < -0.3 is 4.74 Å². The first-order chi connectivity index (χ1) is 9.88. The van der Waals surface area contributed by atoms with E-state index >= 15 is 0 Å². The number of benzene rings is 2. The van der Waals surface area contributed by atoms with E-state index in [0.29, 0.717) is 10.6 Å². The molecular weight excluding hydrogens is 294 g/mol. The van der Waals surface area contributed by atoms with Crippen LogP contribution in [-0.2, 0) is 0 Å². The van der Waals surface area contributed by atoms with Crippen LogP contribution in [0.15, 0.2) is 36.4 Å². The molecule has 6 heteroatoms. The van der Waals surface area contributed by atoms with E-state index in [4.69, 9.17) is 16.3 Å². The smallest absolute Gasteiger partial charge is 0.344 e. The van der Waals surface area contributed by atoms with Crippen molar-refractivity contribution in [1.29, 1.82) is 0 Å². The van der Waals surface area contributed by atoms with E-state index in [1.165, 1.54) is 18.2 Å². The summed E-state index contributed by atoms with van der Waals surface area (Å²) in [5, 5.41) is 11.1. The van der Waals surface area contributed by atoms with Gasteiger partial charge in [-0.3, -0.25) is 10.1 Å². The fraction of sp³-hybridized carbons (Fsp3) is 0.133. The zero-order chi connectivity index (χ0) is 15.6. The van der Waals surface area contributed by atoms with Gasteiger partial charge in [-0.2, -0.15) is 0 Å². The summed E-state index contributed by atoms with van der Waals surface area (Å²) in [7, 11) is 0. The Labute approximate surface area is 126 Å². The summed E-state index contributed by atoms with van der Waals surface area (Å²) in [6, 6.07) is 9.09. The van der Waals surface area contributed by atoms with E-state index in [1.807, 2.05) is 6.92 Å². The van der Waals surface area contributed by atoms with Crippen LogP contribution in [0.1, 0.15) is 21.5 Å². The highest BCUT2D eigenvalue weighted by Crippen LogP contribution is 2.27. The third kappa shape index (κ3) is 3.38. The summed E-state index contributed by atoms with van der Waals surface area (Å²) in [4.78, 5) is 22.4. The molecule has 5 nitrogen and oxygen atoms in total. The maximum absolute atomic E-state index is 12.2. The van der Waals surface area contributed by atoms with E-state index in [2.05, 4.69) is 0 Å². The second-order valence-corrected chi connectivity index (χ2v) is 4.99. The number of carbonyl (C=O) groups is 1. The van der Waals surface area contributed by atoms with Crippen LogP contribution in [0.4, 0.5) is 5.69 Å². The Balaban J connectivity index is 2.34. The van der Waals surface area contributed by atoms with Crippen molar-refractivity contribution in [3.8, 4) is 5.75 Å². The molecule has 0 heterocycles. The predicted molar refractivity (Wildman–Crippen MR) is 79.0 cm³/mol. The molecule has 0 N–H and O–H groups in total. The molecule has 0 atom stereocenters. The van der Waals surface area contributed by atoms with Crippen LogP contribution in [0.3, 0.4) is 0 Å². The van der Waals surface area contributed by atoms with Gasteiger partial charge in [0.1, 0.15) is 5.75 Å². The van der Waals surface area contributed by atoms with E-state index < -0.39 is 10.9 Å². The largest absolute Gasteiger partial charge is 0.421 e. The van der Waals surface area contributed by atoms with Crippen molar-refractivity contribution in [3.05, 3.63) is 68.2 Å². The van der Waals surface area contributed by atoms with Gasteiger partial charge in [-0.05, 0) is 37.1 Å². The van der Waals surface area contributed by atoms with Crippen molar-refractivity contribution in [2.75, 3.05) is 0 Å². The van der Waals surface area contributed by atoms with Gasteiger partial charge in [0, 0.05) is 12.1 Å². The van der Waals surface area contributed by atoms with Gasteiger partial charge >= 0.3 is 5.97 Å². The topological polar surface area (TPSA) is 69.4 Å². The maximum Gasteiger partial charge on any atom is 0.344 e. The van der Waals surface area contributed by atoms with Gasteiger partial charge in [-0.25, -0.2) is 4.79 Å². The first-order valence-electron chi connectivity index (χ1n) is 6.12. The van der Waals surface area contributed by atoms with Crippen molar-refractivity contribution in [3.63, 3.8) is 0 Å². The highest BCUT2D eigenvalue weighted by Gasteiger charge is 2.17. The molecule has 0 fully saturated rings. The molecule has 0 bridgehead atoms. The lowest BCUT2D eigenvalue weighted by Crippen LogP contribution is -2.11. The minimum atomic E-state index is -0.677. The van der Waals surface area contributed by atoms with E-state index in [0.717, 1.165) is 5.56 Å². The highest BCUT2D eigenvalue weighted by molar-refractivity contribution is 6.32. The molecular formula is C15H12ClNO4. The average Bonchev–Trinajstić information content (AvgIpc) is 2.43. The van der Waals surface area contributed by atoms with Gasteiger partial charge in [-0.1, -0.05) is 23.7 Å². The molecule has 2 aromatic carbocycles. The summed E-state index contributed by atoms with van der Waals surface area (Å²) in [5.41, 5.74) is 1.46. The lowest BCUT2D eigenvalue weighted by atomic mass is 10.1. The van der Waals surface area contributed by atoms with Crippen LogP contribution < -0.4 is 4.74 Å². The number of nitrogens with zero attached hydrogens (tertiary/aromatic N) is 1. The zero-order valence-corrected chi connectivity index (χ0v) is 12.2. The average molecular weight is 306 g/mol. The van der Waals surface area contributed by atoms with Crippen LogP contribution in [0.25, 0.3) is 0 Å². The number of carbonyl (C=O) groups excluding carboxylic acids is 1. The Bertz CT molecular complexity index is 728. The Morgan fingerprint density at radius 2 is 1.90 bits per heavy atom. The number of ether oxygens (including phenoxy) is 1. The number of hydrogen-bond donors (Lipinski definition) is 0. The number of halogens is 1. The number of aryl methyl sites for hydroxylation is 2. The van der Waals surface area contributed by atoms with Crippen LogP contribution in [0.2, 0.25) is 5.02 Å². The molecule has 2 aromatic rings. The minimum Gasteiger partial charge on any atom is -0.421 e. The van der Waals surface area contributed by atoms with Gasteiger partial charge in [-0.15, -0.1) is 0 Å². The number of non-ortho nitro benzene ring substituents is 1. The number of nitro groups is 1. The summed E-state index contributed by atoms with van der Waals surface area (Å²) in [6.45, 7) is 3.52. The summed E-state index contributed by atoms with van der Waals surface area (Å²) >= 11 is 5.96. The lowest BCUT2D eigenvalue weighted by molar-refractivity contribution is -0.384.